The van der Waals surface area contributed by atoms with E-state index in [1.54, 1.807) is 23.3 Å². The molecule has 9 nitrogen and oxygen atoms in total. The van der Waals surface area contributed by atoms with Gasteiger partial charge in [-0.05, 0) is 29.3 Å². The summed E-state index contributed by atoms with van der Waals surface area (Å²) in [6.07, 6.45) is 9.23. The Labute approximate surface area is 204 Å². The molecule has 3 rings (SSSR count). The number of benzene rings is 1. The van der Waals surface area contributed by atoms with Crippen molar-refractivity contribution in [3.05, 3.63) is 66.1 Å². The van der Waals surface area contributed by atoms with Crippen molar-refractivity contribution in [1.29, 1.82) is 0 Å². The summed E-state index contributed by atoms with van der Waals surface area (Å²) in [7, 11) is 0. The number of pyridine rings is 1. The third-order valence-electron chi connectivity index (χ3n) is 4.62. The average Bonchev–Trinajstić information content (AvgIpc) is 3.44. The highest BCUT2D eigenvalue weighted by Gasteiger charge is 1.98. The van der Waals surface area contributed by atoms with Crippen LogP contribution >= 0.6 is 0 Å². The Bertz CT molecular complexity index is 953. The van der Waals surface area contributed by atoms with E-state index in [4.69, 9.17) is 23.7 Å². The summed E-state index contributed by atoms with van der Waals surface area (Å²) >= 11 is 0. The molecule has 0 aliphatic heterocycles. The molecule has 1 aromatic carbocycles. The number of halogens is 1. The zero-order valence-corrected chi connectivity index (χ0v) is 19.6. The van der Waals surface area contributed by atoms with E-state index in [9.17, 15) is 4.39 Å². The van der Waals surface area contributed by atoms with Crippen molar-refractivity contribution < 1.29 is 28.1 Å². The van der Waals surface area contributed by atoms with Crippen molar-refractivity contribution in [3.8, 4) is 11.6 Å². The molecule has 188 valence electrons. The maximum Gasteiger partial charge on any atom is 0.213 e. The first-order chi connectivity index (χ1) is 17.3. The summed E-state index contributed by atoms with van der Waals surface area (Å²) in [5.41, 5.74) is 3.00. The summed E-state index contributed by atoms with van der Waals surface area (Å²) in [6.45, 7) is 3.20. The smallest absolute Gasteiger partial charge is 0.213 e. The molecule has 35 heavy (non-hydrogen) atoms. The summed E-state index contributed by atoms with van der Waals surface area (Å²) < 4.78 is 40.3. The van der Waals surface area contributed by atoms with Gasteiger partial charge in [-0.25, -0.2) is 14.1 Å². The normalized spacial score (nSPS) is 11.3. The van der Waals surface area contributed by atoms with Gasteiger partial charge in [0.1, 0.15) is 13.3 Å². The number of ether oxygens (including phenoxy) is 5. The van der Waals surface area contributed by atoms with Crippen molar-refractivity contribution in [2.45, 2.75) is 0 Å². The van der Waals surface area contributed by atoms with E-state index in [1.165, 1.54) is 0 Å². The summed E-state index contributed by atoms with van der Waals surface area (Å²) in [6, 6.07) is 11.8. The average molecular weight is 486 g/mol. The van der Waals surface area contributed by atoms with Gasteiger partial charge < -0.3 is 23.7 Å². The Morgan fingerprint density at radius 1 is 0.714 bits per heavy atom. The fourth-order valence-corrected chi connectivity index (χ4v) is 2.87. The van der Waals surface area contributed by atoms with Gasteiger partial charge in [0.05, 0.1) is 70.9 Å². The number of hydrogen-bond donors (Lipinski definition) is 0. The van der Waals surface area contributed by atoms with Crippen LogP contribution in [0.3, 0.4) is 0 Å². The van der Waals surface area contributed by atoms with Crippen molar-refractivity contribution in [2.24, 2.45) is 0 Å². The molecule has 2 aromatic heterocycles. The molecule has 0 spiro atoms. The highest BCUT2D eigenvalue weighted by Crippen LogP contribution is 2.13. The molecule has 0 saturated carbocycles. The van der Waals surface area contributed by atoms with Gasteiger partial charge in [-0.2, -0.15) is 0 Å². The lowest BCUT2D eigenvalue weighted by Crippen LogP contribution is -2.14. The van der Waals surface area contributed by atoms with Crippen LogP contribution in [-0.4, -0.2) is 86.1 Å². The molecular formula is C25H31FN4O5. The maximum atomic E-state index is 11.8. The third-order valence-corrected chi connectivity index (χ3v) is 4.62. The molecule has 0 aliphatic rings. The summed E-state index contributed by atoms with van der Waals surface area (Å²) in [5, 5.41) is 7.79. The van der Waals surface area contributed by atoms with Gasteiger partial charge in [0, 0.05) is 12.3 Å². The van der Waals surface area contributed by atoms with Crippen LogP contribution in [0.4, 0.5) is 4.39 Å². The second kappa shape index (κ2) is 16.4. The zero-order valence-electron chi connectivity index (χ0n) is 19.6. The highest BCUT2D eigenvalue weighted by atomic mass is 18.2. The fourth-order valence-electron chi connectivity index (χ4n) is 2.87. The van der Waals surface area contributed by atoms with Crippen molar-refractivity contribution in [2.75, 3.05) is 66.1 Å². The second-order valence-corrected chi connectivity index (χ2v) is 7.19. The first-order valence-electron chi connectivity index (χ1n) is 11.5. The van der Waals surface area contributed by atoms with Crippen LogP contribution in [0.15, 0.2) is 55.0 Å². The predicted molar refractivity (Wildman–Crippen MR) is 129 cm³/mol. The Morgan fingerprint density at radius 2 is 1.31 bits per heavy atom. The van der Waals surface area contributed by atoms with Gasteiger partial charge in [-0.1, -0.05) is 29.5 Å². The second-order valence-electron chi connectivity index (χ2n) is 7.19. The number of rotatable bonds is 18. The molecule has 0 unspecified atom stereocenters. The number of nitrogens with zero attached hydrogens (tertiary/aromatic N) is 4. The molecule has 0 atom stereocenters. The predicted octanol–water partition coefficient (Wildman–Crippen LogP) is 3.25. The zero-order chi connectivity index (χ0) is 24.4. The lowest BCUT2D eigenvalue weighted by molar-refractivity contribution is -0.00569. The molecule has 0 bridgehead atoms. The monoisotopic (exact) mass is 485 g/mol. The van der Waals surface area contributed by atoms with Crippen LogP contribution in [0.5, 0.6) is 5.88 Å². The minimum Gasteiger partial charge on any atom is -0.475 e. The largest absolute Gasteiger partial charge is 0.475 e. The quantitative estimate of drug-likeness (QED) is 0.254. The van der Waals surface area contributed by atoms with E-state index in [0.717, 1.165) is 16.8 Å². The lowest BCUT2D eigenvalue weighted by atomic mass is 10.1. The number of aromatic nitrogens is 4. The molecule has 0 amide bonds. The van der Waals surface area contributed by atoms with E-state index in [-0.39, 0.29) is 6.61 Å². The van der Waals surface area contributed by atoms with Crippen LogP contribution in [-0.2, 0) is 18.9 Å². The highest BCUT2D eigenvalue weighted by molar-refractivity contribution is 5.69. The van der Waals surface area contributed by atoms with Crippen LogP contribution in [0.25, 0.3) is 17.8 Å². The number of alkyl halides is 1. The van der Waals surface area contributed by atoms with E-state index >= 15 is 0 Å². The summed E-state index contributed by atoms with van der Waals surface area (Å²) in [5.74, 6) is 0.548. The van der Waals surface area contributed by atoms with Gasteiger partial charge in [-0.3, -0.25) is 0 Å². The topological polar surface area (TPSA) is 89.8 Å². The Hall–Kier alpha value is -3.18. The molecule has 2 heterocycles. The molecular weight excluding hydrogens is 454 g/mol. The van der Waals surface area contributed by atoms with Crippen LogP contribution < -0.4 is 4.74 Å². The Kier molecular flexibility index (Phi) is 12.4. The molecule has 0 N–H and O–H groups in total. The summed E-state index contributed by atoms with van der Waals surface area (Å²) in [4.78, 5) is 4.32. The standard InChI is InChI=1S/C25H31FN4O5/c26-9-12-31-13-14-32-15-16-33-17-18-34-19-20-35-25-8-5-23(21-27-25)2-1-22-3-6-24(7-4-22)30-11-10-28-29-30/h1-8,10-11,21H,9,12-20H2/b2-1+/i26-1. The SMILES string of the molecule is [18F]CCOCCOCCOCCOCCOc1ccc(/C=C/c2ccc(-n3ccnn3)cc2)cn1. The molecule has 3 aromatic rings. The molecule has 0 radical (unpaired) electrons. The maximum absolute atomic E-state index is 11.8. The molecule has 0 fully saturated rings. The minimum absolute atomic E-state index is 0.114. The van der Waals surface area contributed by atoms with E-state index in [2.05, 4.69) is 15.3 Å². The Balaban J connectivity index is 1.21. The first-order valence-corrected chi connectivity index (χ1v) is 11.5. The lowest BCUT2D eigenvalue weighted by Gasteiger charge is -2.08. The van der Waals surface area contributed by atoms with Gasteiger partial charge in [0.15, 0.2) is 0 Å². The Morgan fingerprint density at radius 3 is 1.89 bits per heavy atom. The van der Waals surface area contributed by atoms with Gasteiger partial charge in [0.25, 0.3) is 0 Å². The van der Waals surface area contributed by atoms with E-state index < -0.39 is 6.67 Å². The van der Waals surface area contributed by atoms with Crippen molar-refractivity contribution >= 4 is 12.2 Å². The van der Waals surface area contributed by atoms with Gasteiger partial charge >= 0.3 is 0 Å². The van der Waals surface area contributed by atoms with Crippen molar-refractivity contribution in [1.82, 2.24) is 20.0 Å². The molecule has 10 heteroatoms. The van der Waals surface area contributed by atoms with Gasteiger partial charge in [-0.15, -0.1) is 5.10 Å². The van der Waals surface area contributed by atoms with E-state index in [1.807, 2.05) is 48.6 Å². The van der Waals surface area contributed by atoms with Crippen LogP contribution in [0, 0.1) is 0 Å². The molecule has 0 aliphatic carbocycles. The minimum atomic E-state index is -0.474. The van der Waals surface area contributed by atoms with Crippen molar-refractivity contribution in [3.63, 3.8) is 0 Å². The van der Waals surface area contributed by atoms with Gasteiger partial charge in [0.2, 0.25) is 5.88 Å². The van der Waals surface area contributed by atoms with Crippen LogP contribution in [0.2, 0.25) is 0 Å². The number of hydrogen-bond acceptors (Lipinski definition) is 8. The molecule has 0 saturated heterocycles. The fraction of sp³-hybridized carbons (Fsp3) is 0.400. The van der Waals surface area contributed by atoms with E-state index in [0.29, 0.717) is 58.7 Å². The first kappa shape index (κ1) is 26.4. The third kappa shape index (κ3) is 10.7. The van der Waals surface area contributed by atoms with Crippen LogP contribution in [0.1, 0.15) is 11.1 Å².